The lowest BCUT2D eigenvalue weighted by Crippen LogP contribution is -2.30. The lowest BCUT2D eigenvalue weighted by Gasteiger charge is -2.18. The number of benzene rings is 1. The van der Waals surface area contributed by atoms with E-state index < -0.39 is 0 Å². The van der Waals surface area contributed by atoms with Crippen LogP contribution in [0.25, 0.3) is 0 Å². The maximum Gasteiger partial charge on any atom is 0.119 e. The maximum atomic E-state index is 5.77. The number of hydrogen-bond donors (Lipinski definition) is 1. The van der Waals surface area contributed by atoms with Crippen LogP contribution < -0.4 is 10.1 Å². The monoisotopic (exact) mass is 263 g/mol. The van der Waals surface area contributed by atoms with Gasteiger partial charge in [-0.3, -0.25) is 0 Å². The Morgan fingerprint density at radius 1 is 1.00 bits per heavy atom. The molecule has 0 fully saturated rings. The molecule has 2 nitrogen and oxygen atoms in total. The van der Waals surface area contributed by atoms with Gasteiger partial charge in [0.2, 0.25) is 0 Å². The summed E-state index contributed by atoms with van der Waals surface area (Å²) in [7, 11) is 0. The van der Waals surface area contributed by atoms with Crippen molar-refractivity contribution in [3.63, 3.8) is 0 Å². The van der Waals surface area contributed by atoms with Gasteiger partial charge in [-0.15, -0.1) is 0 Å². The molecule has 108 valence electrons. The normalized spacial score (nSPS) is 12.3. The van der Waals surface area contributed by atoms with Crippen molar-refractivity contribution in [1.29, 1.82) is 0 Å². The van der Waals surface area contributed by atoms with Gasteiger partial charge in [-0.2, -0.15) is 0 Å². The molecule has 0 aliphatic heterocycles. The third-order valence-corrected chi connectivity index (χ3v) is 3.38. The van der Waals surface area contributed by atoms with Crippen LogP contribution in [0, 0.1) is 0 Å². The van der Waals surface area contributed by atoms with Crippen LogP contribution in [0.4, 0.5) is 0 Å². The van der Waals surface area contributed by atoms with Crippen molar-refractivity contribution in [2.45, 2.75) is 58.4 Å². The molecule has 1 aromatic carbocycles. The first-order chi connectivity index (χ1) is 9.36. The summed E-state index contributed by atoms with van der Waals surface area (Å²) < 4.78 is 5.77. The maximum absolute atomic E-state index is 5.77. The number of ether oxygens (including phenoxy) is 1. The van der Waals surface area contributed by atoms with Gasteiger partial charge in [-0.1, -0.05) is 57.7 Å². The van der Waals surface area contributed by atoms with Crippen LogP contribution in [0.5, 0.6) is 5.75 Å². The lowest BCUT2D eigenvalue weighted by molar-refractivity contribution is 0.279. The summed E-state index contributed by atoms with van der Waals surface area (Å²) in [5.74, 6) is 0.976. The summed E-state index contributed by atoms with van der Waals surface area (Å²) in [5, 5.41) is 3.57. The Labute approximate surface area is 118 Å². The molecule has 1 rings (SSSR count). The predicted octanol–water partition coefficient (Wildman–Crippen LogP) is 4.40. The summed E-state index contributed by atoms with van der Waals surface area (Å²) in [6.45, 7) is 6.28. The van der Waals surface area contributed by atoms with Crippen LogP contribution in [0.3, 0.4) is 0 Å². The Morgan fingerprint density at radius 2 is 1.79 bits per heavy atom. The van der Waals surface area contributed by atoms with Gasteiger partial charge in [0.25, 0.3) is 0 Å². The molecule has 1 unspecified atom stereocenters. The van der Waals surface area contributed by atoms with E-state index in [1.807, 2.05) is 30.3 Å². The van der Waals surface area contributed by atoms with Gasteiger partial charge < -0.3 is 10.1 Å². The van der Waals surface area contributed by atoms with E-state index in [1.54, 1.807) is 0 Å². The van der Waals surface area contributed by atoms with E-state index in [9.17, 15) is 0 Å². The van der Waals surface area contributed by atoms with Crippen molar-refractivity contribution in [2.24, 2.45) is 0 Å². The first-order valence-electron chi connectivity index (χ1n) is 7.78. The van der Waals surface area contributed by atoms with E-state index in [1.165, 1.54) is 32.1 Å². The summed E-state index contributed by atoms with van der Waals surface area (Å²) in [4.78, 5) is 0. The zero-order chi connectivity index (χ0) is 13.8. The van der Waals surface area contributed by atoms with Gasteiger partial charge in [0.1, 0.15) is 5.75 Å². The molecule has 0 saturated carbocycles. The van der Waals surface area contributed by atoms with Gasteiger partial charge in [-0.25, -0.2) is 0 Å². The smallest absolute Gasteiger partial charge is 0.119 e. The quantitative estimate of drug-likeness (QED) is 0.597. The van der Waals surface area contributed by atoms with Crippen molar-refractivity contribution >= 4 is 0 Å². The average molecular weight is 263 g/mol. The molecular weight excluding hydrogens is 234 g/mol. The Balaban J connectivity index is 2.17. The molecule has 0 aliphatic rings. The lowest BCUT2D eigenvalue weighted by atomic mass is 10.0. The highest BCUT2D eigenvalue weighted by Crippen LogP contribution is 2.11. The van der Waals surface area contributed by atoms with E-state index in [0.29, 0.717) is 6.04 Å². The van der Waals surface area contributed by atoms with Crippen molar-refractivity contribution < 1.29 is 4.74 Å². The Hall–Kier alpha value is -1.02. The Morgan fingerprint density at radius 3 is 2.47 bits per heavy atom. The molecule has 1 atom stereocenters. The molecule has 19 heavy (non-hydrogen) atoms. The summed E-state index contributed by atoms with van der Waals surface area (Å²) in [5.41, 5.74) is 0. The highest BCUT2D eigenvalue weighted by molar-refractivity contribution is 5.20. The highest BCUT2D eigenvalue weighted by Gasteiger charge is 2.07. The van der Waals surface area contributed by atoms with Crippen molar-refractivity contribution in [3.8, 4) is 5.75 Å². The third kappa shape index (κ3) is 7.89. The second-order valence-electron chi connectivity index (χ2n) is 5.05. The summed E-state index contributed by atoms with van der Waals surface area (Å²) >= 11 is 0. The van der Waals surface area contributed by atoms with Crippen molar-refractivity contribution in [3.05, 3.63) is 30.3 Å². The number of rotatable bonds is 11. The van der Waals surface area contributed by atoms with Crippen molar-refractivity contribution in [1.82, 2.24) is 5.32 Å². The summed E-state index contributed by atoms with van der Waals surface area (Å²) in [6.07, 6.45) is 7.72. The molecule has 1 N–H and O–H groups in total. The fourth-order valence-electron chi connectivity index (χ4n) is 2.29. The fraction of sp³-hybridized carbons (Fsp3) is 0.647. The van der Waals surface area contributed by atoms with E-state index in [0.717, 1.165) is 25.3 Å². The topological polar surface area (TPSA) is 21.3 Å². The molecule has 0 bridgehead atoms. The van der Waals surface area contributed by atoms with Crippen LogP contribution >= 0.6 is 0 Å². The standard InChI is InChI=1S/C17H29NO/c1-3-5-6-8-11-16(18-4-2)14-15-19-17-12-9-7-10-13-17/h7,9-10,12-13,16,18H,3-6,8,11,14-15H2,1-2H3. The molecule has 0 spiro atoms. The van der Waals surface area contributed by atoms with Crippen molar-refractivity contribution in [2.75, 3.05) is 13.2 Å². The predicted molar refractivity (Wildman–Crippen MR) is 82.8 cm³/mol. The largest absolute Gasteiger partial charge is 0.494 e. The summed E-state index contributed by atoms with van der Waals surface area (Å²) in [6, 6.07) is 10.7. The highest BCUT2D eigenvalue weighted by atomic mass is 16.5. The number of para-hydroxylation sites is 1. The second kappa shape index (κ2) is 10.9. The van der Waals surface area contributed by atoms with Crippen LogP contribution in [-0.2, 0) is 0 Å². The van der Waals surface area contributed by atoms with Gasteiger partial charge in [0, 0.05) is 6.04 Å². The molecule has 0 aliphatic carbocycles. The molecule has 0 saturated heterocycles. The third-order valence-electron chi connectivity index (χ3n) is 3.38. The molecule has 2 heteroatoms. The van der Waals surface area contributed by atoms with Gasteiger partial charge in [0.15, 0.2) is 0 Å². The zero-order valence-electron chi connectivity index (χ0n) is 12.5. The van der Waals surface area contributed by atoms with Gasteiger partial charge >= 0.3 is 0 Å². The number of unbranched alkanes of at least 4 members (excludes halogenated alkanes) is 3. The number of nitrogens with one attached hydrogen (secondary N) is 1. The van der Waals surface area contributed by atoms with E-state index >= 15 is 0 Å². The molecular formula is C17H29NO. The molecule has 0 aromatic heterocycles. The van der Waals surface area contributed by atoms with E-state index in [4.69, 9.17) is 4.74 Å². The van der Waals surface area contributed by atoms with E-state index in [-0.39, 0.29) is 0 Å². The van der Waals surface area contributed by atoms with Gasteiger partial charge in [-0.05, 0) is 31.5 Å². The van der Waals surface area contributed by atoms with Crippen LogP contribution in [0.15, 0.2) is 30.3 Å². The molecule has 0 radical (unpaired) electrons. The Kier molecular flexibility index (Phi) is 9.17. The Bertz CT molecular complexity index is 299. The first-order valence-corrected chi connectivity index (χ1v) is 7.78. The number of hydrogen-bond acceptors (Lipinski definition) is 2. The van der Waals surface area contributed by atoms with Crippen LogP contribution in [0.2, 0.25) is 0 Å². The van der Waals surface area contributed by atoms with Gasteiger partial charge in [0.05, 0.1) is 6.61 Å². The fourth-order valence-corrected chi connectivity index (χ4v) is 2.29. The molecule has 0 heterocycles. The van der Waals surface area contributed by atoms with Crippen LogP contribution in [0.1, 0.15) is 52.4 Å². The first kappa shape index (κ1) is 16.0. The van der Waals surface area contributed by atoms with E-state index in [2.05, 4.69) is 19.2 Å². The minimum absolute atomic E-state index is 0.602. The molecule has 1 aromatic rings. The molecule has 0 amide bonds. The second-order valence-corrected chi connectivity index (χ2v) is 5.05. The van der Waals surface area contributed by atoms with Crippen LogP contribution in [-0.4, -0.2) is 19.2 Å². The minimum atomic E-state index is 0.602. The SMILES string of the molecule is CCCCCCC(CCOc1ccccc1)NCC. The average Bonchev–Trinajstić information content (AvgIpc) is 2.44. The minimum Gasteiger partial charge on any atom is -0.494 e. The zero-order valence-corrected chi connectivity index (χ0v) is 12.5.